The fourth-order valence-electron chi connectivity index (χ4n) is 3.69. The molecule has 0 saturated carbocycles. The molecule has 0 bridgehead atoms. The zero-order chi connectivity index (χ0) is 18.5. The van der Waals surface area contributed by atoms with Crippen LogP contribution in [0, 0.1) is 0 Å². The quantitative estimate of drug-likeness (QED) is 0.791. The monoisotopic (exact) mass is 373 g/mol. The number of carbonyl (C=O) groups excluding carboxylic acids is 2. The third-order valence-electron chi connectivity index (χ3n) is 5.01. The van der Waals surface area contributed by atoms with E-state index in [4.69, 9.17) is 0 Å². The number of nitrogens with one attached hydrogen (secondary N) is 1. The molecule has 140 valence electrons. The van der Waals surface area contributed by atoms with Gasteiger partial charge in [-0.3, -0.25) is 9.59 Å². The van der Waals surface area contributed by atoms with E-state index < -0.39 is 0 Å². The highest BCUT2D eigenvalue weighted by molar-refractivity contribution is 8.00. The summed E-state index contributed by atoms with van der Waals surface area (Å²) < 4.78 is 2.11. The highest BCUT2D eigenvalue weighted by atomic mass is 32.2. The van der Waals surface area contributed by atoms with Gasteiger partial charge in [0, 0.05) is 55.1 Å². The van der Waals surface area contributed by atoms with Gasteiger partial charge in [-0.15, -0.1) is 11.8 Å². The molecule has 2 amide bonds. The summed E-state index contributed by atoms with van der Waals surface area (Å²) >= 11 is 1.62. The second-order valence-corrected chi connectivity index (χ2v) is 7.94. The van der Waals surface area contributed by atoms with Gasteiger partial charge < -0.3 is 14.8 Å². The van der Waals surface area contributed by atoms with Crippen molar-refractivity contribution in [2.45, 2.75) is 43.5 Å². The van der Waals surface area contributed by atoms with Gasteiger partial charge in [0.25, 0.3) is 0 Å². The SMILES string of the molecule is CC(=O)NCC[C@@H]1CCCCN1C(=O)CSc1cn(C)c2ccccc12. The van der Waals surface area contributed by atoms with Crippen LogP contribution in [0.3, 0.4) is 0 Å². The lowest BCUT2D eigenvalue weighted by Gasteiger charge is -2.36. The summed E-state index contributed by atoms with van der Waals surface area (Å²) in [6, 6.07) is 8.53. The number of carbonyl (C=O) groups is 2. The van der Waals surface area contributed by atoms with Crippen molar-refractivity contribution >= 4 is 34.5 Å². The number of benzene rings is 1. The predicted molar refractivity (Wildman–Crippen MR) is 106 cm³/mol. The number of aromatic nitrogens is 1. The maximum Gasteiger partial charge on any atom is 0.233 e. The van der Waals surface area contributed by atoms with E-state index in [9.17, 15) is 9.59 Å². The van der Waals surface area contributed by atoms with E-state index in [0.29, 0.717) is 12.3 Å². The number of hydrogen-bond acceptors (Lipinski definition) is 3. The number of hydrogen-bond donors (Lipinski definition) is 1. The molecule has 1 aliphatic rings. The standard InChI is InChI=1S/C20H27N3O2S/c1-15(24)21-11-10-16-7-5-6-12-23(16)20(25)14-26-19-13-22(2)18-9-4-3-8-17(18)19/h3-4,8-9,13,16H,5-7,10-12,14H2,1-2H3,(H,21,24)/t16-/m0/s1. The van der Waals surface area contributed by atoms with Crippen molar-refractivity contribution < 1.29 is 9.59 Å². The molecule has 1 aromatic heterocycles. The Bertz CT molecular complexity index is 786. The molecule has 1 aliphatic heterocycles. The molecule has 2 aromatic rings. The van der Waals surface area contributed by atoms with Crippen molar-refractivity contribution in [1.29, 1.82) is 0 Å². The van der Waals surface area contributed by atoms with Crippen LogP contribution in [0.1, 0.15) is 32.6 Å². The molecule has 0 unspecified atom stereocenters. The van der Waals surface area contributed by atoms with Crippen LogP contribution in [0.25, 0.3) is 10.9 Å². The summed E-state index contributed by atoms with van der Waals surface area (Å²) in [4.78, 5) is 27.1. The van der Waals surface area contributed by atoms with Crippen LogP contribution in [0.5, 0.6) is 0 Å². The van der Waals surface area contributed by atoms with Gasteiger partial charge in [0.05, 0.1) is 5.75 Å². The smallest absolute Gasteiger partial charge is 0.233 e. The first-order valence-electron chi connectivity index (χ1n) is 9.27. The average molecular weight is 374 g/mol. The van der Waals surface area contributed by atoms with Crippen LogP contribution in [-0.4, -0.2) is 46.2 Å². The van der Waals surface area contributed by atoms with Gasteiger partial charge >= 0.3 is 0 Å². The van der Waals surface area contributed by atoms with Crippen molar-refractivity contribution in [1.82, 2.24) is 14.8 Å². The van der Waals surface area contributed by atoms with Gasteiger partial charge in [-0.05, 0) is 31.7 Å². The largest absolute Gasteiger partial charge is 0.356 e. The van der Waals surface area contributed by atoms with Gasteiger partial charge in [-0.25, -0.2) is 0 Å². The highest BCUT2D eigenvalue weighted by Gasteiger charge is 2.26. The molecular formula is C20H27N3O2S. The van der Waals surface area contributed by atoms with Gasteiger partial charge in [-0.1, -0.05) is 18.2 Å². The third kappa shape index (κ3) is 4.41. The van der Waals surface area contributed by atoms with E-state index in [0.717, 1.165) is 37.1 Å². The fraction of sp³-hybridized carbons (Fsp3) is 0.500. The molecule has 0 spiro atoms. The van der Waals surface area contributed by atoms with Gasteiger partial charge in [0.1, 0.15) is 0 Å². The molecule has 0 radical (unpaired) electrons. The number of fused-ring (bicyclic) bond motifs is 1. The molecule has 1 N–H and O–H groups in total. The summed E-state index contributed by atoms with van der Waals surface area (Å²) in [5.41, 5.74) is 1.19. The topological polar surface area (TPSA) is 54.3 Å². The normalized spacial score (nSPS) is 17.5. The lowest BCUT2D eigenvalue weighted by atomic mass is 9.99. The summed E-state index contributed by atoms with van der Waals surface area (Å²) in [5, 5.41) is 4.05. The van der Waals surface area contributed by atoms with Crippen LogP contribution in [0.15, 0.2) is 35.4 Å². The first-order chi connectivity index (χ1) is 12.6. The zero-order valence-corrected chi connectivity index (χ0v) is 16.3. The molecule has 1 fully saturated rings. The van der Waals surface area contributed by atoms with E-state index in [1.165, 1.54) is 17.8 Å². The van der Waals surface area contributed by atoms with Gasteiger partial charge in [-0.2, -0.15) is 0 Å². The molecule has 1 atom stereocenters. The minimum absolute atomic E-state index is 0.00908. The van der Waals surface area contributed by atoms with Gasteiger partial charge in [0.15, 0.2) is 0 Å². The number of thioether (sulfide) groups is 1. The Kier molecular flexibility index (Phi) is 6.25. The van der Waals surface area contributed by atoms with Crippen molar-refractivity contribution in [2.75, 3.05) is 18.8 Å². The van der Waals surface area contributed by atoms with Crippen LogP contribution in [0.4, 0.5) is 0 Å². The van der Waals surface area contributed by atoms with Crippen LogP contribution in [0.2, 0.25) is 0 Å². The molecule has 2 heterocycles. The third-order valence-corrected chi connectivity index (χ3v) is 6.04. The molecular weight excluding hydrogens is 346 g/mol. The molecule has 26 heavy (non-hydrogen) atoms. The molecule has 5 nitrogen and oxygen atoms in total. The molecule has 6 heteroatoms. The van der Waals surface area contributed by atoms with Crippen LogP contribution < -0.4 is 5.32 Å². The Labute approximate surface area is 159 Å². The van der Waals surface area contributed by atoms with Crippen LogP contribution >= 0.6 is 11.8 Å². The number of aryl methyl sites for hydroxylation is 1. The Balaban J connectivity index is 1.61. The highest BCUT2D eigenvalue weighted by Crippen LogP contribution is 2.30. The van der Waals surface area contributed by atoms with Gasteiger partial charge in [0.2, 0.25) is 11.8 Å². The summed E-state index contributed by atoms with van der Waals surface area (Å²) in [5.74, 6) is 0.658. The molecule has 1 aromatic carbocycles. The Morgan fingerprint density at radius 2 is 2.08 bits per heavy atom. The Morgan fingerprint density at radius 3 is 2.88 bits per heavy atom. The van der Waals surface area contributed by atoms with E-state index >= 15 is 0 Å². The first kappa shape index (κ1) is 18.8. The molecule has 1 saturated heterocycles. The van der Waals surface area contributed by atoms with E-state index in [2.05, 4.69) is 28.2 Å². The van der Waals surface area contributed by atoms with Crippen LogP contribution in [-0.2, 0) is 16.6 Å². The maximum absolute atomic E-state index is 12.8. The summed E-state index contributed by atoms with van der Waals surface area (Å²) in [6.45, 7) is 3.00. The Hall–Kier alpha value is -1.95. The minimum Gasteiger partial charge on any atom is -0.356 e. The van der Waals surface area contributed by atoms with Crippen molar-refractivity contribution in [2.24, 2.45) is 7.05 Å². The molecule has 0 aliphatic carbocycles. The maximum atomic E-state index is 12.8. The lowest BCUT2D eigenvalue weighted by Crippen LogP contribution is -2.46. The zero-order valence-electron chi connectivity index (χ0n) is 15.5. The lowest BCUT2D eigenvalue weighted by molar-refractivity contribution is -0.132. The summed E-state index contributed by atoms with van der Waals surface area (Å²) in [6.07, 6.45) is 6.20. The molecule has 3 rings (SSSR count). The van der Waals surface area contributed by atoms with Crippen molar-refractivity contribution in [3.8, 4) is 0 Å². The predicted octanol–water partition coefficient (Wildman–Crippen LogP) is 3.18. The average Bonchev–Trinajstić information content (AvgIpc) is 2.96. The number of nitrogens with zero attached hydrogens (tertiary/aromatic N) is 2. The van der Waals surface area contributed by atoms with Crippen molar-refractivity contribution in [3.05, 3.63) is 30.5 Å². The second-order valence-electron chi connectivity index (χ2n) is 6.92. The minimum atomic E-state index is -0.00908. The number of amides is 2. The number of likely N-dealkylation sites (tertiary alicyclic amines) is 1. The summed E-state index contributed by atoms with van der Waals surface area (Å²) in [7, 11) is 2.04. The fourth-order valence-corrected chi connectivity index (χ4v) is 4.69. The number of rotatable bonds is 6. The second kappa shape index (κ2) is 8.62. The number of para-hydroxylation sites is 1. The van der Waals surface area contributed by atoms with Crippen molar-refractivity contribution in [3.63, 3.8) is 0 Å². The van der Waals surface area contributed by atoms with E-state index in [-0.39, 0.29) is 17.9 Å². The number of piperidine rings is 1. The first-order valence-corrected chi connectivity index (χ1v) is 10.3. The Morgan fingerprint density at radius 1 is 1.27 bits per heavy atom. The van der Waals surface area contributed by atoms with E-state index in [1.54, 1.807) is 11.8 Å². The van der Waals surface area contributed by atoms with E-state index in [1.807, 2.05) is 24.1 Å².